The molecule has 16 heavy (non-hydrogen) atoms. The van der Waals surface area contributed by atoms with Crippen LogP contribution in [0.3, 0.4) is 0 Å². The van der Waals surface area contributed by atoms with Crippen molar-refractivity contribution in [1.82, 2.24) is 4.98 Å². The Kier molecular flexibility index (Phi) is 3.65. The molecule has 1 heterocycles. The number of nitrogens with two attached hydrogens (primary N) is 2. The molecular weight excluding hydrogens is 202 g/mol. The number of pyridine rings is 1. The fourth-order valence-corrected chi connectivity index (χ4v) is 1.25. The van der Waals surface area contributed by atoms with Crippen LogP contribution in [0.15, 0.2) is 18.5 Å². The van der Waals surface area contributed by atoms with E-state index in [0.29, 0.717) is 17.7 Å². The van der Waals surface area contributed by atoms with E-state index in [4.69, 9.17) is 11.5 Å². The van der Waals surface area contributed by atoms with E-state index in [-0.39, 0.29) is 17.2 Å². The molecule has 0 aliphatic heterocycles. The zero-order chi connectivity index (χ0) is 12.3. The highest BCUT2D eigenvalue weighted by atomic mass is 16.1. The molecule has 1 aromatic rings. The highest BCUT2D eigenvalue weighted by Crippen LogP contribution is 2.22. The number of ketones is 1. The Morgan fingerprint density at radius 3 is 2.62 bits per heavy atom. The number of carbonyl (C=O) groups is 1. The predicted octanol–water partition coefficient (Wildman–Crippen LogP) is 1.61. The van der Waals surface area contributed by atoms with Crippen molar-refractivity contribution in [3.8, 4) is 0 Å². The zero-order valence-electron chi connectivity index (χ0n) is 10.0. The Labute approximate surface area is 96.0 Å². The van der Waals surface area contributed by atoms with Crippen LogP contribution in [0.4, 0.5) is 5.69 Å². The maximum absolute atomic E-state index is 11.9. The van der Waals surface area contributed by atoms with Gasteiger partial charge in [-0.3, -0.25) is 9.78 Å². The number of nitrogen functional groups attached to an aromatic ring is 1. The normalized spacial score (nSPS) is 13.5. The summed E-state index contributed by atoms with van der Waals surface area (Å²) in [5.74, 6) is -0.0481. The molecule has 4 nitrogen and oxygen atoms in total. The summed E-state index contributed by atoms with van der Waals surface area (Å²) in [6, 6.07) is 1.44. The summed E-state index contributed by atoms with van der Waals surface area (Å²) in [6.07, 6.45) is 3.35. The summed E-state index contributed by atoms with van der Waals surface area (Å²) < 4.78 is 0. The van der Waals surface area contributed by atoms with Crippen LogP contribution >= 0.6 is 0 Å². The summed E-state index contributed by atoms with van der Waals surface area (Å²) in [6.45, 7) is 6.03. The van der Waals surface area contributed by atoms with Crippen LogP contribution in [0.5, 0.6) is 0 Å². The van der Waals surface area contributed by atoms with Gasteiger partial charge in [-0.15, -0.1) is 0 Å². The lowest BCUT2D eigenvalue weighted by Gasteiger charge is -2.26. The molecule has 0 fully saturated rings. The lowest BCUT2D eigenvalue weighted by Crippen LogP contribution is -2.37. The minimum absolute atomic E-state index is 0.0481. The lowest BCUT2D eigenvalue weighted by atomic mass is 9.84. The molecule has 1 rings (SSSR count). The summed E-state index contributed by atoms with van der Waals surface area (Å²) in [7, 11) is 0. The smallest absolute Gasteiger partial charge is 0.168 e. The minimum atomic E-state index is -0.181. The number of carbonyl (C=O) groups excluding carboxylic acids is 1. The molecule has 0 amide bonds. The van der Waals surface area contributed by atoms with Gasteiger partial charge in [-0.1, -0.05) is 20.8 Å². The van der Waals surface area contributed by atoms with Gasteiger partial charge in [0.2, 0.25) is 0 Å². The Bertz CT molecular complexity index is 382. The second kappa shape index (κ2) is 4.61. The van der Waals surface area contributed by atoms with Crippen molar-refractivity contribution in [2.75, 3.05) is 5.73 Å². The van der Waals surface area contributed by atoms with Crippen molar-refractivity contribution >= 4 is 11.5 Å². The monoisotopic (exact) mass is 221 g/mol. The van der Waals surface area contributed by atoms with Crippen LogP contribution in [0, 0.1) is 5.41 Å². The molecular formula is C12H19N3O. The first-order valence-electron chi connectivity index (χ1n) is 5.30. The highest BCUT2D eigenvalue weighted by molar-refractivity contribution is 6.00. The maximum Gasteiger partial charge on any atom is 0.168 e. The van der Waals surface area contributed by atoms with Crippen molar-refractivity contribution in [3.63, 3.8) is 0 Å². The maximum atomic E-state index is 11.9. The van der Waals surface area contributed by atoms with Crippen molar-refractivity contribution < 1.29 is 4.79 Å². The van der Waals surface area contributed by atoms with E-state index < -0.39 is 0 Å². The van der Waals surface area contributed by atoms with Crippen LogP contribution in [-0.4, -0.2) is 16.8 Å². The molecule has 1 atom stereocenters. The van der Waals surface area contributed by atoms with Crippen LogP contribution in [-0.2, 0) is 0 Å². The van der Waals surface area contributed by atoms with Crippen molar-refractivity contribution in [1.29, 1.82) is 0 Å². The molecule has 0 aromatic carbocycles. The van der Waals surface area contributed by atoms with Gasteiger partial charge in [-0.05, 0) is 11.5 Å². The Morgan fingerprint density at radius 1 is 1.50 bits per heavy atom. The Hall–Kier alpha value is -1.42. The number of hydrogen-bond acceptors (Lipinski definition) is 4. The molecule has 0 radical (unpaired) electrons. The number of rotatable bonds is 3. The van der Waals surface area contributed by atoms with Crippen LogP contribution in [0.25, 0.3) is 0 Å². The topological polar surface area (TPSA) is 82.0 Å². The first-order valence-corrected chi connectivity index (χ1v) is 5.30. The third-order valence-corrected chi connectivity index (χ3v) is 2.67. The van der Waals surface area contributed by atoms with E-state index in [2.05, 4.69) is 4.98 Å². The Balaban J connectivity index is 2.78. The lowest BCUT2D eigenvalue weighted by molar-refractivity contribution is 0.0954. The quantitative estimate of drug-likeness (QED) is 0.760. The van der Waals surface area contributed by atoms with Gasteiger partial charge < -0.3 is 11.5 Å². The zero-order valence-corrected chi connectivity index (χ0v) is 10.0. The molecule has 0 aliphatic rings. The molecule has 4 N–H and O–H groups in total. The van der Waals surface area contributed by atoms with Gasteiger partial charge in [0.05, 0.1) is 5.56 Å². The molecule has 88 valence electrons. The van der Waals surface area contributed by atoms with Gasteiger partial charge in [0.15, 0.2) is 5.78 Å². The number of nitrogens with zero attached hydrogens (tertiary/aromatic N) is 1. The van der Waals surface area contributed by atoms with E-state index in [0.717, 1.165) is 0 Å². The standard InChI is InChI=1S/C12H19N3O/c1-12(2,3)11(14)6-10(16)8-7-15-5-4-9(8)13/h4-5,7,11H,6,14H2,1-3H3,(H2,13,15). The van der Waals surface area contributed by atoms with Crippen LogP contribution in [0.1, 0.15) is 37.6 Å². The number of Topliss-reactive ketones (excluding diaryl/α,β-unsaturated/α-hetero) is 1. The molecule has 0 aliphatic carbocycles. The van der Waals surface area contributed by atoms with Crippen molar-refractivity contribution in [2.45, 2.75) is 33.2 Å². The molecule has 0 bridgehead atoms. The third-order valence-electron chi connectivity index (χ3n) is 2.67. The molecule has 1 aromatic heterocycles. The second-order valence-corrected chi connectivity index (χ2v) is 5.06. The SMILES string of the molecule is CC(C)(C)C(N)CC(=O)c1cnccc1N. The molecule has 0 saturated heterocycles. The summed E-state index contributed by atoms with van der Waals surface area (Å²) in [4.78, 5) is 15.8. The fraction of sp³-hybridized carbons (Fsp3) is 0.500. The molecule has 0 spiro atoms. The highest BCUT2D eigenvalue weighted by Gasteiger charge is 2.24. The van der Waals surface area contributed by atoms with E-state index in [1.54, 1.807) is 12.3 Å². The number of anilines is 1. The van der Waals surface area contributed by atoms with Gasteiger partial charge in [0.1, 0.15) is 0 Å². The van der Waals surface area contributed by atoms with Gasteiger partial charge in [0.25, 0.3) is 0 Å². The molecule has 4 heteroatoms. The average molecular weight is 221 g/mol. The van der Waals surface area contributed by atoms with Crippen molar-refractivity contribution in [2.24, 2.45) is 11.1 Å². The molecule has 1 unspecified atom stereocenters. The van der Waals surface area contributed by atoms with Gasteiger partial charge in [0, 0.05) is 30.5 Å². The number of aromatic nitrogens is 1. The summed E-state index contributed by atoms with van der Waals surface area (Å²) in [5, 5.41) is 0. The Morgan fingerprint density at radius 2 is 2.12 bits per heavy atom. The van der Waals surface area contributed by atoms with Crippen molar-refractivity contribution in [3.05, 3.63) is 24.0 Å². The first-order chi connectivity index (χ1) is 7.32. The van der Waals surface area contributed by atoms with Gasteiger partial charge in [-0.25, -0.2) is 0 Å². The van der Waals surface area contributed by atoms with E-state index in [1.807, 2.05) is 20.8 Å². The minimum Gasteiger partial charge on any atom is -0.398 e. The predicted molar refractivity (Wildman–Crippen MR) is 65.0 cm³/mol. The number of hydrogen-bond donors (Lipinski definition) is 2. The molecule has 0 saturated carbocycles. The third kappa shape index (κ3) is 3.03. The average Bonchev–Trinajstić information content (AvgIpc) is 2.16. The van der Waals surface area contributed by atoms with Crippen LogP contribution < -0.4 is 11.5 Å². The fourth-order valence-electron chi connectivity index (χ4n) is 1.25. The van der Waals surface area contributed by atoms with E-state index >= 15 is 0 Å². The first kappa shape index (κ1) is 12.6. The summed E-state index contributed by atoms with van der Waals surface area (Å²) >= 11 is 0. The van der Waals surface area contributed by atoms with Gasteiger partial charge >= 0.3 is 0 Å². The van der Waals surface area contributed by atoms with E-state index in [9.17, 15) is 4.79 Å². The van der Waals surface area contributed by atoms with Crippen LogP contribution in [0.2, 0.25) is 0 Å². The van der Waals surface area contributed by atoms with E-state index in [1.165, 1.54) is 6.20 Å². The summed E-state index contributed by atoms with van der Waals surface area (Å²) in [5.41, 5.74) is 12.5. The second-order valence-electron chi connectivity index (χ2n) is 5.06. The largest absolute Gasteiger partial charge is 0.398 e. The van der Waals surface area contributed by atoms with Gasteiger partial charge in [-0.2, -0.15) is 0 Å².